The van der Waals surface area contributed by atoms with E-state index in [2.05, 4.69) is 14.8 Å². The minimum atomic E-state index is -4.67. The van der Waals surface area contributed by atoms with Crippen molar-refractivity contribution in [3.63, 3.8) is 0 Å². The molecule has 0 aliphatic heterocycles. The Labute approximate surface area is 190 Å². The van der Waals surface area contributed by atoms with Crippen molar-refractivity contribution < 1.29 is 41.4 Å². The third-order valence-electron chi connectivity index (χ3n) is 4.48. The number of alkyl halides is 3. The standard InChI is InChI=1S/C22H15ClF3NO6/c1-31-20(29)12-3-5-13(21(30)32-2)16(10-12)27-19(28)18-8-7-17(33-18)11-4-6-15(23)14(9-11)22(24,25)26/h3-10H,1-2H3,(H,27,28). The summed E-state index contributed by atoms with van der Waals surface area (Å²) in [6.45, 7) is 0. The van der Waals surface area contributed by atoms with Gasteiger partial charge in [-0.25, -0.2) is 9.59 Å². The number of benzene rings is 2. The number of ether oxygens (including phenoxy) is 2. The summed E-state index contributed by atoms with van der Waals surface area (Å²) in [7, 11) is 2.31. The molecule has 0 spiro atoms. The van der Waals surface area contributed by atoms with Gasteiger partial charge in [0.15, 0.2) is 5.76 Å². The van der Waals surface area contributed by atoms with Crippen molar-refractivity contribution in [1.82, 2.24) is 0 Å². The molecule has 2 aromatic carbocycles. The fourth-order valence-electron chi connectivity index (χ4n) is 2.88. The molecule has 0 saturated heterocycles. The molecule has 0 saturated carbocycles. The summed E-state index contributed by atoms with van der Waals surface area (Å²) < 4.78 is 54.1. The number of carbonyl (C=O) groups excluding carboxylic acids is 3. The van der Waals surface area contributed by atoms with E-state index in [1.54, 1.807) is 0 Å². The molecule has 1 N–H and O–H groups in total. The number of rotatable bonds is 5. The molecule has 33 heavy (non-hydrogen) atoms. The highest BCUT2D eigenvalue weighted by molar-refractivity contribution is 6.31. The van der Waals surface area contributed by atoms with E-state index in [1.165, 1.54) is 43.5 Å². The molecule has 11 heteroatoms. The molecule has 1 heterocycles. The molecule has 3 aromatic rings. The first-order chi connectivity index (χ1) is 15.5. The average Bonchev–Trinajstić information content (AvgIpc) is 3.28. The van der Waals surface area contributed by atoms with E-state index in [0.29, 0.717) is 0 Å². The summed E-state index contributed by atoms with van der Waals surface area (Å²) in [5.74, 6) is -2.57. The summed E-state index contributed by atoms with van der Waals surface area (Å²) in [5, 5.41) is 1.95. The lowest BCUT2D eigenvalue weighted by molar-refractivity contribution is -0.137. The van der Waals surface area contributed by atoms with Crippen LogP contribution in [-0.4, -0.2) is 32.1 Å². The van der Waals surface area contributed by atoms with Gasteiger partial charge < -0.3 is 19.2 Å². The van der Waals surface area contributed by atoms with E-state index < -0.39 is 34.6 Å². The van der Waals surface area contributed by atoms with Gasteiger partial charge in [-0.15, -0.1) is 0 Å². The predicted molar refractivity (Wildman–Crippen MR) is 111 cm³/mol. The van der Waals surface area contributed by atoms with Crippen molar-refractivity contribution in [2.45, 2.75) is 6.18 Å². The molecule has 0 aliphatic rings. The number of nitrogens with one attached hydrogen (secondary N) is 1. The highest BCUT2D eigenvalue weighted by Gasteiger charge is 2.33. The first kappa shape index (κ1) is 23.9. The largest absolute Gasteiger partial charge is 0.465 e. The highest BCUT2D eigenvalue weighted by atomic mass is 35.5. The number of furan rings is 1. The molecule has 0 fully saturated rings. The van der Waals surface area contributed by atoms with Crippen LogP contribution in [0.5, 0.6) is 0 Å². The fourth-order valence-corrected chi connectivity index (χ4v) is 3.10. The predicted octanol–water partition coefficient (Wildman–Crippen LogP) is 5.44. The monoisotopic (exact) mass is 481 g/mol. The van der Waals surface area contributed by atoms with Crippen LogP contribution in [0.1, 0.15) is 36.8 Å². The minimum absolute atomic E-state index is 0.0150. The van der Waals surface area contributed by atoms with Gasteiger partial charge in [-0.2, -0.15) is 13.2 Å². The van der Waals surface area contributed by atoms with Crippen LogP contribution >= 0.6 is 11.6 Å². The zero-order valence-electron chi connectivity index (χ0n) is 17.1. The van der Waals surface area contributed by atoms with Crippen molar-refractivity contribution in [2.75, 3.05) is 19.5 Å². The van der Waals surface area contributed by atoms with Gasteiger partial charge in [0.25, 0.3) is 5.91 Å². The second-order valence-electron chi connectivity index (χ2n) is 6.55. The van der Waals surface area contributed by atoms with Gasteiger partial charge in [-0.05, 0) is 48.5 Å². The van der Waals surface area contributed by atoms with Crippen LogP contribution < -0.4 is 5.32 Å². The molecular weight excluding hydrogens is 467 g/mol. The molecule has 7 nitrogen and oxygen atoms in total. The normalized spacial score (nSPS) is 11.1. The van der Waals surface area contributed by atoms with E-state index in [0.717, 1.165) is 19.2 Å². The molecular formula is C22H15ClF3NO6. The lowest BCUT2D eigenvalue weighted by Crippen LogP contribution is -2.16. The quantitative estimate of drug-likeness (QED) is 0.487. The van der Waals surface area contributed by atoms with Gasteiger partial charge >= 0.3 is 18.1 Å². The molecule has 0 aliphatic carbocycles. The van der Waals surface area contributed by atoms with Gasteiger partial charge in [-0.1, -0.05) is 11.6 Å². The van der Waals surface area contributed by atoms with Crippen molar-refractivity contribution in [3.8, 4) is 11.3 Å². The van der Waals surface area contributed by atoms with Gasteiger partial charge in [0.05, 0.1) is 41.6 Å². The van der Waals surface area contributed by atoms with E-state index in [4.69, 9.17) is 16.0 Å². The lowest BCUT2D eigenvalue weighted by atomic mass is 10.1. The first-order valence-corrected chi connectivity index (χ1v) is 9.52. The second kappa shape index (κ2) is 9.37. The number of carbonyl (C=O) groups is 3. The number of anilines is 1. The van der Waals surface area contributed by atoms with Crippen LogP contribution in [0, 0.1) is 0 Å². The smallest absolute Gasteiger partial charge is 0.417 e. The van der Waals surface area contributed by atoms with E-state index in [9.17, 15) is 27.6 Å². The average molecular weight is 482 g/mol. The Bertz CT molecular complexity index is 1240. The lowest BCUT2D eigenvalue weighted by Gasteiger charge is -2.11. The molecule has 0 bridgehead atoms. The third kappa shape index (κ3) is 5.17. The van der Waals surface area contributed by atoms with Crippen LogP contribution in [0.2, 0.25) is 5.02 Å². The van der Waals surface area contributed by atoms with E-state index >= 15 is 0 Å². The topological polar surface area (TPSA) is 94.8 Å². The van der Waals surface area contributed by atoms with Gasteiger partial charge in [0.2, 0.25) is 0 Å². The summed E-state index contributed by atoms with van der Waals surface area (Å²) in [6, 6.07) is 9.55. The van der Waals surface area contributed by atoms with Crippen molar-refractivity contribution >= 4 is 35.1 Å². The number of hydrogen-bond acceptors (Lipinski definition) is 6. The summed E-state index contributed by atoms with van der Waals surface area (Å²) in [4.78, 5) is 36.5. The maximum Gasteiger partial charge on any atom is 0.417 e. The summed E-state index contributed by atoms with van der Waals surface area (Å²) in [5.41, 5.74) is -1.04. The van der Waals surface area contributed by atoms with Crippen LogP contribution in [0.15, 0.2) is 52.9 Å². The number of amides is 1. The van der Waals surface area contributed by atoms with Crippen LogP contribution in [0.3, 0.4) is 0 Å². The Morgan fingerprint density at radius 2 is 1.64 bits per heavy atom. The van der Waals surface area contributed by atoms with Crippen LogP contribution in [-0.2, 0) is 15.7 Å². The zero-order valence-corrected chi connectivity index (χ0v) is 17.8. The maximum atomic E-state index is 13.1. The van der Waals surface area contributed by atoms with E-state index in [-0.39, 0.29) is 33.9 Å². The number of hydrogen-bond donors (Lipinski definition) is 1. The summed E-state index contributed by atoms with van der Waals surface area (Å²) >= 11 is 5.63. The van der Waals surface area contributed by atoms with Crippen molar-refractivity contribution in [2.24, 2.45) is 0 Å². The maximum absolute atomic E-state index is 13.1. The Morgan fingerprint density at radius 3 is 2.27 bits per heavy atom. The SMILES string of the molecule is COC(=O)c1ccc(C(=O)OC)c(NC(=O)c2ccc(-c3ccc(Cl)c(C(F)(F)F)c3)o2)c1. The molecule has 1 aromatic heterocycles. The number of methoxy groups -OCH3 is 2. The number of esters is 2. The second-order valence-corrected chi connectivity index (χ2v) is 6.96. The third-order valence-corrected chi connectivity index (χ3v) is 4.81. The van der Waals surface area contributed by atoms with Crippen molar-refractivity contribution in [1.29, 1.82) is 0 Å². The Morgan fingerprint density at radius 1 is 0.939 bits per heavy atom. The Balaban J connectivity index is 1.92. The van der Waals surface area contributed by atoms with Crippen molar-refractivity contribution in [3.05, 3.63) is 76.0 Å². The Kier molecular flexibility index (Phi) is 6.78. The fraction of sp³-hybridized carbons (Fsp3) is 0.136. The van der Waals surface area contributed by atoms with E-state index in [1.807, 2.05) is 0 Å². The Hall–Kier alpha value is -3.79. The minimum Gasteiger partial charge on any atom is -0.465 e. The van der Waals surface area contributed by atoms with Gasteiger partial charge in [0.1, 0.15) is 5.76 Å². The zero-order chi connectivity index (χ0) is 24.3. The molecule has 0 unspecified atom stereocenters. The van der Waals surface area contributed by atoms with Crippen LogP contribution in [0.25, 0.3) is 11.3 Å². The summed E-state index contributed by atoms with van der Waals surface area (Å²) in [6.07, 6.45) is -4.67. The number of halogens is 4. The highest BCUT2D eigenvalue weighted by Crippen LogP contribution is 2.37. The molecule has 172 valence electrons. The molecule has 0 atom stereocenters. The molecule has 1 amide bonds. The van der Waals surface area contributed by atoms with Gasteiger partial charge in [-0.3, -0.25) is 4.79 Å². The molecule has 3 rings (SSSR count). The van der Waals surface area contributed by atoms with Crippen LogP contribution in [0.4, 0.5) is 18.9 Å². The van der Waals surface area contributed by atoms with Gasteiger partial charge in [0, 0.05) is 5.56 Å². The first-order valence-electron chi connectivity index (χ1n) is 9.14. The molecule has 0 radical (unpaired) electrons.